The number of carbonyl (C=O) groups is 1. The van der Waals surface area contributed by atoms with Crippen LogP contribution in [0.15, 0.2) is 42.5 Å². The molecule has 0 unspecified atom stereocenters. The van der Waals surface area contributed by atoms with E-state index < -0.39 is 4.92 Å². The van der Waals surface area contributed by atoms with Crippen LogP contribution < -0.4 is 10.1 Å². The zero-order valence-electron chi connectivity index (χ0n) is 13.3. The van der Waals surface area contributed by atoms with Gasteiger partial charge < -0.3 is 10.1 Å². The number of non-ortho nitro benzene ring substituents is 1. The fraction of sp³-hybridized carbons (Fsp3) is 0.235. The van der Waals surface area contributed by atoms with Crippen molar-refractivity contribution in [1.82, 2.24) is 0 Å². The van der Waals surface area contributed by atoms with Crippen LogP contribution in [0, 0.1) is 10.1 Å². The molecule has 2 rings (SSSR count). The molecule has 1 amide bonds. The first-order valence-electron chi connectivity index (χ1n) is 7.33. The van der Waals surface area contributed by atoms with E-state index in [4.69, 9.17) is 16.3 Å². The van der Waals surface area contributed by atoms with Gasteiger partial charge >= 0.3 is 0 Å². The summed E-state index contributed by atoms with van der Waals surface area (Å²) in [5.74, 6) is 0.232. The Morgan fingerprint density at radius 3 is 2.67 bits per heavy atom. The number of rotatable bonds is 6. The van der Waals surface area contributed by atoms with E-state index in [1.165, 1.54) is 18.2 Å². The summed E-state index contributed by atoms with van der Waals surface area (Å²) in [5.41, 5.74) is 1.67. The number of nitro benzene ring substituents is 1. The highest BCUT2D eigenvalue weighted by Crippen LogP contribution is 2.28. The number of benzene rings is 2. The fourth-order valence-electron chi connectivity index (χ4n) is 2.04. The lowest BCUT2D eigenvalue weighted by Crippen LogP contribution is -2.20. The standard InChI is InChI=1S/C17H17ClN2O4/c1-11(2)12-4-3-5-13(8-12)19-17(21)10-24-16-7-6-14(20(22)23)9-15(16)18/h3-9,11H,10H2,1-2H3,(H,19,21). The topological polar surface area (TPSA) is 81.5 Å². The largest absolute Gasteiger partial charge is 0.482 e. The Hall–Kier alpha value is -2.60. The summed E-state index contributed by atoms with van der Waals surface area (Å²) in [4.78, 5) is 22.1. The van der Waals surface area contributed by atoms with Gasteiger partial charge in [0.05, 0.1) is 9.95 Å². The van der Waals surface area contributed by atoms with Crippen LogP contribution in [0.2, 0.25) is 5.02 Å². The summed E-state index contributed by atoms with van der Waals surface area (Å²) >= 11 is 5.91. The summed E-state index contributed by atoms with van der Waals surface area (Å²) in [6, 6.07) is 11.4. The minimum absolute atomic E-state index is 0.0822. The molecule has 0 aliphatic heterocycles. The Morgan fingerprint density at radius 2 is 2.04 bits per heavy atom. The molecule has 0 fully saturated rings. The zero-order valence-corrected chi connectivity index (χ0v) is 14.0. The van der Waals surface area contributed by atoms with Crippen LogP contribution in [0.1, 0.15) is 25.3 Å². The van der Waals surface area contributed by atoms with E-state index >= 15 is 0 Å². The third-order valence-electron chi connectivity index (χ3n) is 3.32. The van der Waals surface area contributed by atoms with Gasteiger partial charge in [-0.25, -0.2) is 0 Å². The predicted molar refractivity (Wildman–Crippen MR) is 92.8 cm³/mol. The molecule has 0 saturated carbocycles. The molecule has 0 bridgehead atoms. The average molecular weight is 349 g/mol. The molecule has 0 spiro atoms. The lowest BCUT2D eigenvalue weighted by atomic mass is 10.0. The SMILES string of the molecule is CC(C)c1cccc(NC(=O)COc2ccc([N+](=O)[O-])cc2Cl)c1. The van der Waals surface area contributed by atoms with Gasteiger partial charge in [0.15, 0.2) is 6.61 Å². The van der Waals surface area contributed by atoms with E-state index in [-0.39, 0.29) is 29.0 Å². The maximum Gasteiger partial charge on any atom is 0.271 e. The first-order chi connectivity index (χ1) is 11.4. The molecule has 0 saturated heterocycles. The maximum absolute atomic E-state index is 12.0. The number of hydrogen-bond donors (Lipinski definition) is 1. The lowest BCUT2D eigenvalue weighted by Gasteiger charge is -2.11. The number of nitrogens with zero attached hydrogens (tertiary/aromatic N) is 1. The third kappa shape index (κ3) is 4.70. The summed E-state index contributed by atoms with van der Waals surface area (Å²) < 4.78 is 5.32. The number of amides is 1. The third-order valence-corrected chi connectivity index (χ3v) is 3.62. The van der Waals surface area contributed by atoms with Crippen LogP contribution in [0.3, 0.4) is 0 Å². The van der Waals surface area contributed by atoms with Crippen LogP contribution in [-0.4, -0.2) is 17.4 Å². The smallest absolute Gasteiger partial charge is 0.271 e. The summed E-state index contributed by atoms with van der Waals surface area (Å²) in [7, 11) is 0. The molecule has 0 radical (unpaired) electrons. The minimum Gasteiger partial charge on any atom is -0.482 e. The van der Waals surface area contributed by atoms with Gasteiger partial charge in [-0.1, -0.05) is 37.6 Å². The van der Waals surface area contributed by atoms with Crippen molar-refractivity contribution in [3.63, 3.8) is 0 Å². The number of anilines is 1. The highest BCUT2D eigenvalue weighted by atomic mass is 35.5. The second kappa shape index (κ2) is 7.79. The van der Waals surface area contributed by atoms with Gasteiger partial charge in [-0.15, -0.1) is 0 Å². The van der Waals surface area contributed by atoms with Gasteiger partial charge in [0.2, 0.25) is 0 Å². The molecule has 6 nitrogen and oxygen atoms in total. The molecule has 126 valence electrons. The Kier molecular flexibility index (Phi) is 5.76. The first kappa shape index (κ1) is 17.7. The quantitative estimate of drug-likeness (QED) is 0.620. The Morgan fingerprint density at radius 1 is 1.29 bits per heavy atom. The number of ether oxygens (including phenoxy) is 1. The maximum atomic E-state index is 12.0. The first-order valence-corrected chi connectivity index (χ1v) is 7.71. The molecule has 7 heteroatoms. The molecule has 0 aromatic heterocycles. The molecule has 2 aromatic rings. The fourth-order valence-corrected chi connectivity index (χ4v) is 2.27. The number of nitro groups is 1. The van der Waals surface area contributed by atoms with Crippen molar-refractivity contribution in [3.05, 3.63) is 63.2 Å². The van der Waals surface area contributed by atoms with Crippen molar-refractivity contribution in [2.24, 2.45) is 0 Å². The molecule has 0 aliphatic rings. The summed E-state index contributed by atoms with van der Waals surface area (Å²) in [6.45, 7) is 3.89. The van der Waals surface area contributed by atoms with Gasteiger partial charge in [0.1, 0.15) is 5.75 Å². The molecule has 0 atom stereocenters. The van der Waals surface area contributed by atoms with E-state index in [2.05, 4.69) is 19.2 Å². The molecular formula is C17H17ClN2O4. The minimum atomic E-state index is -0.552. The van der Waals surface area contributed by atoms with Crippen LogP contribution in [0.25, 0.3) is 0 Å². The normalized spacial score (nSPS) is 10.5. The van der Waals surface area contributed by atoms with Crippen molar-refractivity contribution >= 4 is 28.9 Å². The molecule has 2 aromatic carbocycles. The van der Waals surface area contributed by atoms with E-state index in [1.807, 2.05) is 18.2 Å². The van der Waals surface area contributed by atoms with Crippen molar-refractivity contribution < 1.29 is 14.5 Å². The molecular weight excluding hydrogens is 332 g/mol. The predicted octanol–water partition coefficient (Wildman–Crippen LogP) is 4.39. The second-order valence-electron chi connectivity index (χ2n) is 5.49. The van der Waals surface area contributed by atoms with Gasteiger partial charge in [0.25, 0.3) is 11.6 Å². The summed E-state index contributed by atoms with van der Waals surface area (Å²) in [5, 5.41) is 13.5. The Balaban J connectivity index is 1.96. The highest BCUT2D eigenvalue weighted by molar-refractivity contribution is 6.32. The molecule has 0 aliphatic carbocycles. The van der Waals surface area contributed by atoms with Crippen molar-refractivity contribution in [2.45, 2.75) is 19.8 Å². The van der Waals surface area contributed by atoms with Gasteiger partial charge in [0, 0.05) is 17.8 Å². The van der Waals surface area contributed by atoms with Crippen LogP contribution in [0.5, 0.6) is 5.75 Å². The molecule has 24 heavy (non-hydrogen) atoms. The van der Waals surface area contributed by atoms with Gasteiger partial charge in [-0.3, -0.25) is 14.9 Å². The van der Waals surface area contributed by atoms with E-state index in [0.717, 1.165) is 5.56 Å². The van der Waals surface area contributed by atoms with Gasteiger partial charge in [-0.2, -0.15) is 0 Å². The van der Waals surface area contributed by atoms with Gasteiger partial charge in [-0.05, 0) is 29.7 Å². The number of halogens is 1. The Bertz CT molecular complexity index is 762. The zero-order chi connectivity index (χ0) is 17.7. The van der Waals surface area contributed by atoms with E-state index in [9.17, 15) is 14.9 Å². The average Bonchev–Trinajstić information content (AvgIpc) is 2.53. The van der Waals surface area contributed by atoms with Crippen LogP contribution in [-0.2, 0) is 4.79 Å². The van der Waals surface area contributed by atoms with Crippen LogP contribution >= 0.6 is 11.6 Å². The monoisotopic (exact) mass is 348 g/mol. The van der Waals surface area contributed by atoms with E-state index in [1.54, 1.807) is 6.07 Å². The molecule has 1 N–H and O–H groups in total. The number of carbonyl (C=O) groups excluding carboxylic acids is 1. The van der Waals surface area contributed by atoms with Crippen molar-refractivity contribution in [2.75, 3.05) is 11.9 Å². The molecule has 0 heterocycles. The highest BCUT2D eigenvalue weighted by Gasteiger charge is 2.12. The second-order valence-corrected chi connectivity index (χ2v) is 5.90. The van der Waals surface area contributed by atoms with Crippen molar-refractivity contribution in [1.29, 1.82) is 0 Å². The summed E-state index contributed by atoms with van der Waals surface area (Å²) in [6.07, 6.45) is 0. The lowest BCUT2D eigenvalue weighted by molar-refractivity contribution is -0.384. The number of hydrogen-bond acceptors (Lipinski definition) is 4. The van der Waals surface area contributed by atoms with E-state index in [0.29, 0.717) is 11.6 Å². The Labute approximate surface area is 144 Å². The van der Waals surface area contributed by atoms with Crippen LogP contribution in [0.4, 0.5) is 11.4 Å². The van der Waals surface area contributed by atoms with Crippen molar-refractivity contribution in [3.8, 4) is 5.75 Å². The number of nitrogens with one attached hydrogen (secondary N) is 1.